The van der Waals surface area contributed by atoms with Gasteiger partial charge in [0.15, 0.2) is 16.8 Å². The number of aryl methyl sites for hydroxylation is 1. The second kappa shape index (κ2) is 5.69. The van der Waals surface area contributed by atoms with Gasteiger partial charge in [-0.3, -0.25) is 0 Å². The Morgan fingerprint density at radius 1 is 1.40 bits per heavy atom. The average Bonchev–Trinajstić information content (AvgIpc) is 2.75. The van der Waals surface area contributed by atoms with Crippen molar-refractivity contribution in [1.29, 1.82) is 0 Å². The van der Waals surface area contributed by atoms with Gasteiger partial charge in [-0.2, -0.15) is 0 Å². The van der Waals surface area contributed by atoms with Crippen molar-refractivity contribution < 1.29 is 8.78 Å². The topological polar surface area (TPSA) is 29.9 Å². The monoisotopic (exact) mass is 297 g/mol. The molecule has 2 aromatic rings. The van der Waals surface area contributed by atoms with Gasteiger partial charge in [0.1, 0.15) is 0 Å². The Morgan fingerprint density at radius 2 is 2.20 bits per heavy atom. The van der Waals surface area contributed by atoms with E-state index in [9.17, 15) is 8.78 Å². The number of thioether (sulfide) groups is 1. The third kappa shape index (κ3) is 2.67. The molecule has 3 rings (SSSR count). The summed E-state index contributed by atoms with van der Waals surface area (Å²) in [5.41, 5.74) is 1.14. The Labute approximate surface area is 120 Å². The van der Waals surface area contributed by atoms with Crippen molar-refractivity contribution in [3.63, 3.8) is 0 Å². The number of aromatic nitrogens is 2. The quantitative estimate of drug-likeness (QED) is 0.883. The lowest BCUT2D eigenvalue weighted by molar-refractivity contribution is 0.410. The highest BCUT2D eigenvalue weighted by molar-refractivity contribution is 7.99. The molecule has 0 radical (unpaired) electrons. The highest BCUT2D eigenvalue weighted by Crippen LogP contribution is 2.27. The Kier molecular flexibility index (Phi) is 3.94. The van der Waals surface area contributed by atoms with E-state index in [2.05, 4.69) is 10.3 Å². The zero-order chi connectivity index (χ0) is 14.1. The molecule has 2 heterocycles. The average molecular weight is 297 g/mol. The molecular weight excluding hydrogens is 280 g/mol. The van der Waals surface area contributed by atoms with Crippen LogP contribution < -0.4 is 5.32 Å². The number of hydrogen-bond acceptors (Lipinski definition) is 3. The van der Waals surface area contributed by atoms with Crippen molar-refractivity contribution in [2.24, 2.45) is 13.0 Å². The van der Waals surface area contributed by atoms with E-state index in [1.807, 2.05) is 11.6 Å². The van der Waals surface area contributed by atoms with Crippen molar-refractivity contribution >= 4 is 22.8 Å². The van der Waals surface area contributed by atoms with Gasteiger partial charge in [-0.05, 0) is 31.8 Å². The van der Waals surface area contributed by atoms with E-state index in [1.165, 1.54) is 18.9 Å². The van der Waals surface area contributed by atoms with Crippen LogP contribution in [-0.2, 0) is 7.05 Å². The summed E-state index contributed by atoms with van der Waals surface area (Å²) in [6.07, 6.45) is 2.44. The number of benzene rings is 1. The van der Waals surface area contributed by atoms with E-state index >= 15 is 0 Å². The maximum atomic E-state index is 13.3. The minimum Gasteiger partial charge on any atom is -0.322 e. The summed E-state index contributed by atoms with van der Waals surface area (Å²) >= 11 is 1.66. The molecule has 3 nitrogen and oxygen atoms in total. The van der Waals surface area contributed by atoms with E-state index in [-0.39, 0.29) is 0 Å². The van der Waals surface area contributed by atoms with E-state index in [0.717, 1.165) is 30.1 Å². The number of halogens is 2. The first-order valence-corrected chi connectivity index (χ1v) is 7.78. The van der Waals surface area contributed by atoms with Gasteiger partial charge in [-0.15, -0.1) is 0 Å². The van der Waals surface area contributed by atoms with Crippen LogP contribution in [0.15, 0.2) is 17.3 Å². The normalized spacial score (nSPS) is 19.6. The van der Waals surface area contributed by atoms with Gasteiger partial charge in [0.2, 0.25) is 0 Å². The fraction of sp³-hybridized carbons (Fsp3) is 0.500. The predicted molar refractivity (Wildman–Crippen MR) is 76.9 cm³/mol. The number of fused-ring (bicyclic) bond motifs is 1. The van der Waals surface area contributed by atoms with Gasteiger partial charge in [0.25, 0.3) is 0 Å². The second-order valence-corrected chi connectivity index (χ2v) is 6.22. The van der Waals surface area contributed by atoms with E-state index in [0.29, 0.717) is 17.0 Å². The summed E-state index contributed by atoms with van der Waals surface area (Å²) in [5.74, 6) is -0.0472. The van der Waals surface area contributed by atoms with Crippen LogP contribution in [0.1, 0.15) is 12.8 Å². The van der Waals surface area contributed by atoms with Crippen molar-refractivity contribution in [2.75, 3.05) is 18.8 Å². The predicted octanol–water partition coefficient (Wildman–Crippen LogP) is 2.94. The van der Waals surface area contributed by atoms with Crippen molar-refractivity contribution in [2.45, 2.75) is 18.0 Å². The molecule has 1 aromatic carbocycles. The fourth-order valence-corrected chi connectivity index (χ4v) is 3.68. The summed E-state index contributed by atoms with van der Waals surface area (Å²) in [6, 6.07) is 2.38. The Bertz CT molecular complexity index is 620. The van der Waals surface area contributed by atoms with Gasteiger partial charge in [0, 0.05) is 24.9 Å². The van der Waals surface area contributed by atoms with Crippen molar-refractivity contribution in [1.82, 2.24) is 14.9 Å². The fourth-order valence-electron chi connectivity index (χ4n) is 2.55. The zero-order valence-electron chi connectivity index (χ0n) is 11.3. The standard InChI is InChI=1S/C14H17F2N3S/c1-19-13-6-11(16)10(15)5-12(13)18-14(19)20-8-9-3-2-4-17-7-9/h5-6,9,17H,2-4,7-8H2,1H3. The molecule has 1 saturated heterocycles. The van der Waals surface area contributed by atoms with Crippen LogP contribution in [0.2, 0.25) is 0 Å². The smallest absolute Gasteiger partial charge is 0.168 e. The van der Waals surface area contributed by atoms with Gasteiger partial charge in [-0.25, -0.2) is 13.8 Å². The van der Waals surface area contributed by atoms with E-state index < -0.39 is 11.6 Å². The first-order chi connectivity index (χ1) is 9.65. The van der Waals surface area contributed by atoms with Crippen LogP contribution in [0, 0.1) is 17.6 Å². The lowest BCUT2D eigenvalue weighted by Crippen LogP contribution is -2.30. The van der Waals surface area contributed by atoms with Crippen LogP contribution in [0.3, 0.4) is 0 Å². The first kappa shape index (κ1) is 13.8. The number of rotatable bonds is 3. The minimum atomic E-state index is -0.844. The van der Waals surface area contributed by atoms with Gasteiger partial charge in [-0.1, -0.05) is 11.8 Å². The molecule has 1 N–H and O–H groups in total. The molecule has 0 spiro atoms. The number of piperidine rings is 1. The largest absolute Gasteiger partial charge is 0.322 e. The molecule has 1 aliphatic heterocycles. The third-order valence-corrected chi connectivity index (χ3v) is 4.99. The summed E-state index contributed by atoms with van der Waals surface area (Å²) in [5, 5.41) is 4.20. The summed E-state index contributed by atoms with van der Waals surface area (Å²) in [4.78, 5) is 4.40. The first-order valence-electron chi connectivity index (χ1n) is 6.80. The Morgan fingerprint density at radius 3 is 2.95 bits per heavy atom. The molecular formula is C14H17F2N3S. The maximum absolute atomic E-state index is 13.3. The molecule has 108 valence electrons. The molecule has 1 aromatic heterocycles. The van der Waals surface area contributed by atoms with Crippen LogP contribution in [-0.4, -0.2) is 28.4 Å². The van der Waals surface area contributed by atoms with Gasteiger partial charge < -0.3 is 9.88 Å². The molecule has 0 amide bonds. The van der Waals surface area contributed by atoms with Gasteiger partial charge >= 0.3 is 0 Å². The van der Waals surface area contributed by atoms with Crippen LogP contribution in [0.4, 0.5) is 8.78 Å². The van der Waals surface area contributed by atoms with Gasteiger partial charge in [0.05, 0.1) is 11.0 Å². The molecule has 0 aliphatic carbocycles. The van der Waals surface area contributed by atoms with Crippen molar-refractivity contribution in [3.05, 3.63) is 23.8 Å². The highest BCUT2D eigenvalue weighted by atomic mass is 32.2. The Balaban J connectivity index is 1.79. The van der Waals surface area contributed by atoms with Crippen LogP contribution >= 0.6 is 11.8 Å². The van der Waals surface area contributed by atoms with Crippen molar-refractivity contribution in [3.8, 4) is 0 Å². The number of imidazole rings is 1. The maximum Gasteiger partial charge on any atom is 0.168 e. The highest BCUT2D eigenvalue weighted by Gasteiger charge is 2.16. The molecule has 1 fully saturated rings. The van der Waals surface area contributed by atoms with Crippen LogP contribution in [0.5, 0.6) is 0 Å². The molecule has 1 unspecified atom stereocenters. The molecule has 0 bridgehead atoms. The second-order valence-electron chi connectivity index (χ2n) is 5.23. The van der Waals surface area contributed by atoms with E-state index in [1.54, 1.807) is 11.8 Å². The number of nitrogens with one attached hydrogen (secondary N) is 1. The van der Waals surface area contributed by atoms with E-state index in [4.69, 9.17) is 0 Å². The summed E-state index contributed by atoms with van der Waals surface area (Å²) in [6.45, 7) is 2.15. The SMILES string of the molecule is Cn1c(SCC2CCCNC2)nc2cc(F)c(F)cc21. The lowest BCUT2D eigenvalue weighted by Gasteiger charge is -2.21. The molecule has 1 atom stereocenters. The molecule has 20 heavy (non-hydrogen) atoms. The Hall–Kier alpha value is -1.14. The molecule has 6 heteroatoms. The number of nitrogens with zero attached hydrogens (tertiary/aromatic N) is 2. The lowest BCUT2D eigenvalue weighted by atomic mass is 10.0. The number of hydrogen-bond donors (Lipinski definition) is 1. The van der Waals surface area contributed by atoms with Crippen LogP contribution in [0.25, 0.3) is 11.0 Å². The minimum absolute atomic E-state index is 0.510. The third-order valence-electron chi connectivity index (χ3n) is 3.73. The molecule has 1 aliphatic rings. The summed E-state index contributed by atoms with van der Waals surface area (Å²) < 4.78 is 28.3. The summed E-state index contributed by atoms with van der Waals surface area (Å²) in [7, 11) is 1.84. The molecule has 0 saturated carbocycles. The zero-order valence-corrected chi connectivity index (χ0v) is 12.1.